The molecule has 0 fully saturated rings. The lowest BCUT2D eigenvalue weighted by Crippen LogP contribution is -2.39. The maximum Gasteiger partial charge on any atom is 0.319 e. The molecule has 0 spiro atoms. The number of nitrogens with one attached hydrogen (secondary N) is 3. The van der Waals surface area contributed by atoms with Crippen LogP contribution in [0, 0.1) is 0 Å². The van der Waals surface area contributed by atoms with Crippen molar-refractivity contribution >= 4 is 41.0 Å². The zero-order valence-electron chi connectivity index (χ0n) is 11.5. The van der Waals surface area contributed by atoms with E-state index in [0.29, 0.717) is 17.3 Å². The predicted octanol–water partition coefficient (Wildman–Crippen LogP) is 2.71. The third-order valence-electron chi connectivity index (χ3n) is 2.39. The van der Waals surface area contributed by atoms with Crippen LogP contribution in [0.15, 0.2) is 23.1 Å². The van der Waals surface area contributed by atoms with E-state index < -0.39 is 6.03 Å². The Morgan fingerprint density at radius 2 is 2.05 bits per heavy atom. The van der Waals surface area contributed by atoms with Crippen LogP contribution in [0.3, 0.4) is 0 Å². The largest absolute Gasteiger partial charge is 0.355 e. The van der Waals surface area contributed by atoms with Crippen LogP contribution in [0.25, 0.3) is 0 Å². The van der Waals surface area contributed by atoms with Crippen molar-refractivity contribution in [3.8, 4) is 0 Å². The molecule has 3 amide bonds. The normalized spacial score (nSPS) is 9.95. The molecule has 20 heavy (non-hydrogen) atoms. The van der Waals surface area contributed by atoms with Gasteiger partial charge in [0.25, 0.3) is 0 Å². The maximum absolute atomic E-state index is 11.7. The molecule has 3 N–H and O–H groups in total. The van der Waals surface area contributed by atoms with Crippen molar-refractivity contribution in [1.82, 2.24) is 10.6 Å². The highest BCUT2D eigenvalue weighted by atomic mass is 35.5. The Bertz CT molecular complexity index is 483. The van der Waals surface area contributed by atoms with E-state index in [1.54, 1.807) is 12.1 Å². The summed E-state index contributed by atoms with van der Waals surface area (Å²) in [5.74, 6) is -0.210. The van der Waals surface area contributed by atoms with Gasteiger partial charge >= 0.3 is 6.03 Å². The molecule has 0 unspecified atom stereocenters. The summed E-state index contributed by atoms with van der Waals surface area (Å²) in [6.45, 7) is 2.51. The molecular weight excluding hydrogens is 298 g/mol. The molecule has 1 aromatic carbocycles. The molecule has 110 valence electrons. The molecule has 0 atom stereocenters. The summed E-state index contributed by atoms with van der Waals surface area (Å²) in [5, 5.41) is 8.39. The number of benzene rings is 1. The molecule has 1 rings (SSSR count). The Kier molecular flexibility index (Phi) is 7.25. The fraction of sp³-hybridized carbons (Fsp3) is 0.385. The summed E-state index contributed by atoms with van der Waals surface area (Å²) in [5.41, 5.74) is 0.622. The minimum absolute atomic E-state index is 0.0546. The van der Waals surface area contributed by atoms with Crippen LogP contribution < -0.4 is 16.0 Å². The first-order valence-electron chi connectivity index (χ1n) is 6.22. The third-order valence-corrected chi connectivity index (χ3v) is 3.42. The third kappa shape index (κ3) is 5.71. The Morgan fingerprint density at radius 3 is 2.70 bits per heavy atom. The summed E-state index contributed by atoms with van der Waals surface area (Å²) >= 11 is 7.40. The molecule has 0 saturated carbocycles. The average molecular weight is 316 g/mol. The number of thioether (sulfide) groups is 1. The van der Waals surface area contributed by atoms with Gasteiger partial charge in [-0.15, -0.1) is 11.8 Å². The Labute approximate surface area is 127 Å². The number of hydrogen-bond donors (Lipinski definition) is 3. The highest BCUT2D eigenvalue weighted by Gasteiger charge is 2.08. The van der Waals surface area contributed by atoms with Crippen LogP contribution in [0.4, 0.5) is 10.5 Å². The van der Waals surface area contributed by atoms with E-state index >= 15 is 0 Å². The quantitative estimate of drug-likeness (QED) is 0.707. The standard InChI is InChI=1S/C13H18ClN3O2S/c1-3-6-15-12(18)8-16-13(19)17-10-7-9(14)4-5-11(10)20-2/h4-5,7H,3,6,8H2,1-2H3,(H,15,18)(H2,16,17,19). The molecule has 0 aromatic heterocycles. The number of anilines is 1. The number of urea groups is 1. The van der Waals surface area contributed by atoms with E-state index in [2.05, 4.69) is 16.0 Å². The molecule has 0 aliphatic heterocycles. The first-order chi connectivity index (χ1) is 9.56. The Morgan fingerprint density at radius 1 is 1.30 bits per heavy atom. The topological polar surface area (TPSA) is 70.2 Å². The van der Waals surface area contributed by atoms with Crippen LogP contribution in [0.5, 0.6) is 0 Å². The lowest BCUT2D eigenvalue weighted by Gasteiger charge is -2.11. The maximum atomic E-state index is 11.7. The van der Waals surface area contributed by atoms with E-state index in [1.807, 2.05) is 19.2 Å². The highest BCUT2D eigenvalue weighted by Crippen LogP contribution is 2.28. The van der Waals surface area contributed by atoms with Crippen LogP contribution in [0.1, 0.15) is 13.3 Å². The summed E-state index contributed by atoms with van der Waals surface area (Å²) in [7, 11) is 0. The summed E-state index contributed by atoms with van der Waals surface area (Å²) in [4.78, 5) is 24.0. The smallest absolute Gasteiger partial charge is 0.319 e. The zero-order chi connectivity index (χ0) is 15.0. The van der Waals surface area contributed by atoms with Crippen LogP contribution in [-0.2, 0) is 4.79 Å². The van der Waals surface area contributed by atoms with Crippen molar-refractivity contribution in [2.24, 2.45) is 0 Å². The number of carbonyl (C=O) groups is 2. The number of rotatable bonds is 6. The van der Waals surface area contributed by atoms with Crippen molar-refractivity contribution in [3.05, 3.63) is 23.2 Å². The van der Waals surface area contributed by atoms with Gasteiger partial charge in [0.15, 0.2) is 0 Å². The molecule has 7 heteroatoms. The molecular formula is C13H18ClN3O2S. The molecule has 0 saturated heterocycles. The second-order valence-electron chi connectivity index (χ2n) is 4.00. The summed E-state index contributed by atoms with van der Waals surface area (Å²) in [6, 6.07) is 4.82. The Balaban J connectivity index is 2.50. The SMILES string of the molecule is CCCNC(=O)CNC(=O)Nc1cc(Cl)ccc1SC. The van der Waals surface area contributed by atoms with E-state index in [1.165, 1.54) is 11.8 Å². The van der Waals surface area contributed by atoms with E-state index in [-0.39, 0.29) is 12.5 Å². The predicted molar refractivity (Wildman–Crippen MR) is 83.6 cm³/mol. The van der Waals surface area contributed by atoms with Gasteiger partial charge in [-0.2, -0.15) is 0 Å². The fourth-order valence-corrected chi connectivity index (χ4v) is 2.14. The highest BCUT2D eigenvalue weighted by molar-refractivity contribution is 7.98. The molecule has 0 aliphatic carbocycles. The van der Waals surface area contributed by atoms with Gasteiger partial charge in [-0.3, -0.25) is 4.79 Å². The van der Waals surface area contributed by atoms with Gasteiger partial charge < -0.3 is 16.0 Å². The molecule has 1 aromatic rings. The van der Waals surface area contributed by atoms with Gasteiger partial charge in [0.2, 0.25) is 5.91 Å². The molecule has 0 radical (unpaired) electrons. The number of halogens is 1. The number of carbonyl (C=O) groups excluding carboxylic acids is 2. The van der Waals surface area contributed by atoms with Crippen molar-refractivity contribution in [1.29, 1.82) is 0 Å². The average Bonchev–Trinajstić information content (AvgIpc) is 2.43. The van der Waals surface area contributed by atoms with E-state index in [4.69, 9.17) is 11.6 Å². The second kappa shape index (κ2) is 8.71. The summed E-state index contributed by atoms with van der Waals surface area (Å²) in [6.07, 6.45) is 2.77. The summed E-state index contributed by atoms with van der Waals surface area (Å²) < 4.78 is 0. The molecule has 0 bridgehead atoms. The van der Waals surface area contributed by atoms with Gasteiger partial charge in [-0.05, 0) is 30.9 Å². The molecule has 0 aliphatic rings. The first kappa shape index (κ1) is 16.7. The second-order valence-corrected chi connectivity index (χ2v) is 5.29. The van der Waals surface area contributed by atoms with Crippen LogP contribution in [-0.4, -0.2) is 31.3 Å². The lowest BCUT2D eigenvalue weighted by molar-refractivity contribution is -0.120. The lowest BCUT2D eigenvalue weighted by atomic mass is 10.3. The first-order valence-corrected chi connectivity index (χ1v) is 7.82. The van der Waals surface area contributed by atoms with Gasteiger partial charge in [0, 0.05) is 16.5 Å². The minimum Gasteiger partial charge on any atom is -0.355 e. The van der Waals surface area contributed by atoms with Gasteiger partial charge in [-0.25, -0.2) is 4.79 Å². The minimum atomic E-state index is -0.436. The fourth-order valence-electron chi connectivity index (χ4n) is 1.43. The van der Waals surface area contributed by atoms with E-state index in [0.717, 1.165) is 11.3 Å². The van der Waals surface area contributed by atoms with Crippen molar-refractivity contribution < 1.29 is 9.59 Å². The van der Waals surface area contributed by atoms with Crippen molar-refractivity contribution in [3.63, 3.8) is 0 Å². The number of hydrogen-bond acceptors (Lipinski definition) is 3. The van der Waals surface area contributed by atoms with E-state index in [9.17, 15) is 9.59 Å². The van der Waals surface area contributed by atoms with Gasteiger partial charge in [0.1, 0.15) is 0 Å². The van der Waals surface area contributed by atoms with Gasteiger partial charge in [-0.1, -0.05) is 18.5 Å². The monoisotopic (exact) mass is 315 g/mol. The number of amides is 3. The van der Waals surface area contributed by atoms with Crippen LogP contribution >= 0.6 is 23.4 Å². The van der Waals surface area contributed by atoms with Gasteiger partial charge in [0.05, 0.1) is 12.2 Å². The molecule has 5 nitrogen and oxygen atoms in total. The van der Waals surface area contributed by atoms with Crippen LogP contribution in [0.2, 0.25) is 5.02 Å². The molecule has 0 heterocycles. The zero-order valence-corrected chi connectivity index (χ0v) is 13.0. The Hall–Kier alpha value is -1.40. The van der Waals surface area contributed by atoms with Crippen molar-refractivity contribution in [2.75, 3.05) is 24.7 Å². The van der Waals surface area contributed by atoms with Crippen molar-refractivity contribution in [2.45, 2.75) is 18.2 Å².